The molecule has 0 spiro atoms. The zero-order valence-electron chi connectivity index (χ0n) is 16.6. The van der Waals surface area contributed by atoms with Crippen molar-refractivity contribution in [2.24, 2.45) is 0 Å². The highest BCUT2D eigenvalue weighted by atomic mass is 16.5. The third-order valence-corrected chi connectivity index (χ3v) is 4.70. The molecule has 1 aromatic heterocycles. The Bertz CT molecular complexity index is 1160. The molecule has 2 heterocycles. The minimum Gasteiger partial charge on any atom is -0.497 e. The van der Waals surface area contributed by atoms with Gasteiger partial charge in [-0.05, 0) is 23.8 Å². The maximum Gasteiger partial charge on any atom is 0.331 e. The number of hydrogen-bond acceptors (Lipinski definition) is 6. The van der Waals surface area contributed by atoms with E-state index in [0.29, 0.717) is 22.7 Å². The van der Waals surface area contributed by atoms with Gasteiger partial charge in [0.2, 0.25) is 0 Å². The van der Waals surface area contributed by atoms with Crippen molar-refractivity contribution in [3.63, 3.8) is 0 Å². The molecule has 0 unspecified atom stereocenters. The first kappa shape index (κ1) is 20.0. The van der Waals surface area contributed by atoms with Crippen LogP contribution >= 0.6 is 0 Å². The Morgan fingerprint density at radius 1 is 0.968 bits per heavy atom. The highest BCUT2D eigenvalue weighted by Crippen LogP contribution is 2.19. The van der Waals surface area contributed by atoms with Crippen LogP contribution in [-0.4, -0.2) is 39.8 Å². The van der Waals surface area contributed by atoms with Gasteiger partial charge in [-0.25, -0.2) is 14.8 Å². The molecule has 3 aromatic rings. The maximum atomic E-state index is 12.9. The topological polar surface area (TPSA) is 101 Å². The minimum atomic E-state index is -0.765. The van der Waals surface area contributed by atoms with Crippen molar-refractivity contribution in [2.75, 3.05) is 7.11 Å². The molecule has 8 heteroatoms. The summed E-state index contributed by atoms with van der Waals surface area (Å²) < 4.78 is 5.11. The number of rotatable bonds is 5. The number of carbonyl (C=O) groups is 3. The SMILES string of the molecule is COc1ccc(CN2C(=O)NC(=O)C(=Cc3cnc(-c4ccccc4)nc3)C2=O)cc1. The van der Waals surface area contributed by atoms with Crippen molar-refractivity contribution in [2.45, 2.75) is 6.54 Å². The quantitative estimate of drug-likeness (QED) is 0.509. The summed E-state index contributed by atoms with van der Waals surface area (Å²) in [7, 11) is 1.55. The third-order valence-electron chi connectivity index (χ3n) is 4.70. The summed E-state index contributed by atoms with van der Waals surface area (Å²) in [5.74, 6) is -0.254. The van der Waals surface area contributed by atoms with Gasteiger partial charge in [0.15, 0.2) is 5.82 Å². The molecular weight excluding hydrogens is 396 g/mol. The number of imide groups is 2. The highest BCUT2D eigenvalue weighted by molar-refractivity contribution is 6.30. The van der Waals surface area contributed by atoms with Crippen LogP contribution in [0.2, 0.25) is 0 Å². The molecule has 0 bridgehead atoms. The molecule has 1 saturated heterocycles. The molecule has 1 fully saturated rings. The number of nitrogens with zero attached hydrogens (tertiary/aromatic N) is 3. The number of methoxy groups -OCH3 is 1. The van der Waals surface area contributed by atoms with Crippen LogP contribution in [-0.2, 0) is 16.1 Å². The standard InChI is InChI=1S/C23H18N4O4/c1-31-18-9-7-15(8-10-18)14-27-22(29)19(21(28)26-23(27)30)11-16-12-24-20(25-13-16)17-5-3-2-4-6-17/h2-13H,14H2,1H3,(H,26,28,30). The van der Waals surface area contributed by atoms with Crippen molar-refractivity contribution in [3.8, 4) is 17.1 Å². The summed E-state index contributed by atoms with van der Waals surface area (Å²) in [4.78, 5) is 47.0. The number of benzene rings is 2. The summed E-state index contributed by atoms with van der Waals surface area (Å²) in [6.45, 7) is 0.0166. The van der Waals surface area contributed by atoms with Gasteiger partial charge in [0.1, 0.15) is 11.3 Å². The first-order valence-corrected chi connectivity index (χ1v) is 9.44. The minimum absolute atomic E-state index is 0.0166. The van der Waals surface area contributed by atoms with Gasteiger partial charge in [0, 0.05) is 23.5 Å². The summed E-state index contributed by atoms with van der Waals surface area (Å²) in [5, 5.41) is 2.20. The number of hydrogen-bond donors (Lipinski definition) is 1. The normalized spacial score (nSPS) is 15.2. The molecule has 1 aliphatic rings. The number of barbiturate groups is 1. The Labute approximate surface area is 178 Å². The molecule has 0 saturated carbocycles. The number of nitrogens with one attached hydrogen (secondary N) is 1. The number of carbonyl (C=O) groups excluding carboxylic acids is 3. The molecule has 154 valence electrons. The van der Waals surface area contributed by atoms with Crippen LogP contribution in [0.4, 0.5) is 4.79 Å². The summed E-state index contributed by atoms with van der Waals surface area (Å²) in [6, 6.07) is 15.6. The Hall–Kier alpha value is -4.33. The van der Waals surface area contributed by atoms with Crippen LogP contribution in [0.1, 0.15) is 11.1 Å². The Morgan fingerprint density at radius 3 is 2.29 bits per heavy atom. The molecule has 1 aliphatic heterocycles. The van der Waals surface area contributed by atoms with Crippen molar-refractivity contribution >= 4 is 23.9 Å². The smallest absolute Gasteiger partial charge is 0.331 e. The molecule has 0 radical (unpaired) electrons. The zero-order chi connectivity index (χ0) is 21.8. The van der Waals surface area contributed by atoms with E-state index in [-0.39, 0.29) is 12.1 Å². The second-order valence-electron chi connectivity index (χ2n) is 6.76. The molecule has 4 amide bonds. The van der Waals surface area contributed by atoms with Crippen LogP contribution in [0.15, 0.2) is 72.6 Å². The summed E-state index contributed by atoms with van der Waals surface area (Å²) in [6.07, 6.45) is 4.42. The van der Waals surface area contributed by atoms with E-state index in [9.17, 15) is 14.4 Å². The van der Waals surface area contributed by atoms with E-state index < -0.39 is 17.8 Å². The fourth-order valence-corrected chi connectivity index (χ4v) is 3.07. The van der Waals surface area contributed by atoms with Gasteiger partial charge in [0.25, 0.3) is 11.8 Å². The van der Waals surface area contributed by atoms with Crippen LogP contribution in [0, 0.1) is 0 Å². The number of amides is 4. The average Bonchev–Trinajstić information content (AvgIpc) is 2.81. The van der Waals surface area contributed by atoms with Gasteiger partial charge < -0.3 is 4.74 Å². The summed E-state index contributed by atoms with van der Waals surface area (Å²) in [5.41, 5.74) is 1.87. The highest BCUT2D eigenvalue weighted by Gasteiger charge is 2.35. The van der Waals surface area contributed by atoms with Crippen LogP contribution in [0.5, 0.6) is 5.75 Å². The van der Waals surface area contributed by atoms with Gasteiger partial charge in [-0.2, -0.15) is 0 Å². The lowest BCUT2D eigenvalue weighted by Crippen LogP contribution is -2.53. The van der Waals surface area contributed by atoms with E-state index >= 15 is 0 Å². The lowest BCUT2D eigenvalue weighted by atomic mass is 10.1. The molecule has 2 aromatic carbocycles. The first-order chi connectivity index (χ1) is 15.0. The van der Waals surface area contributed by atoms with Gasteiger partial charge in [-0.15, -0.1) is 0 Å². The summed E-state index contributed by atoms with van der Waals surface area (Å²) >= 11 is 0. The molecule has 0 atom stereocenters. The van der Waals surface area contributed by atoms with E-state index in [1.54, 1.807) is 31.4 Å². The number of aromatic nitrogens is 2. The van der Waals surface area contributed by atoms with Crippen LogP contribution in [0.25, 0.3) is 17.5 Å². The second kappa shape index (κ2) is 8.58. The van der Waals surface area contributed by atoms with Gasteiger partial charge >= 0.3 is 6.03 Å². The predicted octanol–water partition coefficient (Wildman–Crippen LogP) is 2.81. The average molecular weight is 414 g/mol. The van der Waals surface area contributed by atoms with Crippen molar-refractivity contribution < 1.29 is 19.1 Å². The van der Waals surface area contributed by atoms with Crippen molar-refractivity contribution in [1.82, 2.24) is 20.2 Å². The molecule has 8 nitrogen and oxygen atoms in total. The lowest BCUT2D eigenvalue weighted by molar-refractivity contribution is -0.130. The number of ether oxygens (including phenoxy) is 1. The Balaban J connectivity index is 1.56. The Kier molecular flexibility index (Phi) is 5.53. The monoisotopic (exact) mass is 414 g/mol. The van der Waals surface area contributed by atoms with E-state index in [0.717, 1.165) is 10.5 Å². The van der Waals surface area contributed by atoms with Crippen LogP contribution < -0.4 is 10.1 Å². The van der Waals surface area contributed by atoms with E-state index in [4.69, 9.17) is 4.74 Å². The number of urea groups is 1. The molecule has 31 heavy (non-hydrogen) atoms. The zero-order valence-corrected chi connectivity index (χ0v) is 16.6. The fraction of sp³-hybridized carbons (Fsp3) is 0.0870. The van der Waals surface area contributed by atoms with E-state index in [1.165, 1.54) is 18.5 Å². The largest absolute Gasteiger partial charge is 0.497 e. The van der Waals surface area contributed by atoms with Gasteiger partial charge in [-0.3, -0.25) is 19.8 Å². The molecule has 1 N–H and O–H groups in total. The van der Waals surface area contributed by atoms with Crippen molar-refractivity contribution in [1.29, 1.82) is 0 Å². The van der Waals surface area contributed by atoms with Gasteiger partial charge in [0.05, 0.1) is 13.7 Å². The second-order valence-corrected chi connectivity index (χ2v) is 6.76. The van der Waals surface area contributed by atoms with Crippen molar-refractivity contribution in [3.05, 3.63) is 83.7 Å². The van der Waals surface area contributed by atoms with Gasteiger partial charge in [-0.1, -0.05) is 42.5 Å². The fourth-order valence-electron chi connectivity index (χ4n) is 3.07. The molecular formula is C23H18N4O4. The van der Waals surface area contributed by atoms with Crippen LogP contribution in [0.3, 0.4) is 0 Å². The van der Waals surface area contributed by atoms with E-state index in [2.05, 4.69) is 15.3 Å². The third kappa shape index (κ3) is 4.32. The Morgan fingerprint density at radius 2 is 1.65 bits per heavy atom. The van der Waals surface area contributed by atoms with E-state index in [1.807, 2.05) is 30.3 Å². The maximum absolute atomic E-state index is 12.9. The first-order valence-electron chi connectivity index (χ1n) is 9.44. The predicted molar refractivity (Wildman–Crippen MR) is 113 cm³/mol. The molecule has 0 aliphatic carbocycles. The lowest BCUT2D eigenvalue weighted by Gasteiger charge is -2.26. The molecule has 4 rings (SSSR count).